The van der Waals surface area contributed by atoms with Crippen LogP contribution < -0.4 is 0 Å². The van der Waals surface area contributed by atoms with E-state index in [0.29, 0.717) is 5.92 Å². The summed E-state index contributed by atoms with van der Waals surface area (Å²) in [5, 5.41) is 8.76. The number of hydrogen-bond acceptors (Lipinski definition) is 1. The van der Waals surface area contributed by atoms with Gasteiger partial charge in [-0.05, 0) is 48.3 Å². The normalized spacial score (nSPS) is 29.6. The van der Waals surface area contributed by atoms with Crippen molar-refractivity contribution < 1.29 is 8.78 Å². The van der Waals surface area contributed by atoms with Crippen molar-refractivity contribution in [2.75, 3.05) is 0 Å². The third kappa shape index (κ3) is 2.32. The molecule has 0 N–H and O–H groups in total. The Balaban J connectivity index is 1.93. The van der Waals surface area contributed by atoms with E-state index >= 15 is 0 Å². The van der Waals surface area contributed by atoms with Crippen LogP contribution in [0.5, 0.6) is 0 Å². The van der Waals surface area contributed by atoms with E-state index < -0.39 is 17.2 Å². The van der Waals surface area contributed by atoms with Crippen LogP contribution in [0.3, 0.4) is 0 Å². The van der Waals surface area contributed by atoms with Crippen molar-refractivity contribution in [3.63, 3.8) is 0 Å². The molecule has 0 aliphatic heterocycles. The van der Waals surface area contributed by atoms with Gasteiger partial charge in [0.05, 0.1) is 0 Å². The van der Waals surface area contributed by atoms with Crippen LogP contribution in [0.4, 0.5) is 8.78 Å². The second-order valence-electron chi connectivity index (χ2n) is 6.22. The standard InChI is InChI=1S/C17H19F2N/c18-16-8-12(9-17(19)15(16)10-20)14-7-3-5-11-4-1-2-6-13(11)14/h8-9,11,13-14H,1-7H2. The molecule has 0 aromatic heterocycles. The van der Waals surface area contributed by atoms with Crippen molar-refractivity contribution in [2.45, 2.75) is 50.9 Å². The smallest absolute Gasteiger partial charge is 0.144 e. The van der Waals surface area contributed by atoms with Crippen LogP contribution in [-0.2, 0) is 0 Å². The molecule has 0 radical (unpaired) electrons. The summed E-state index contributed by atoms with van der Waals surface area (Å²) < 4.78 is 27.7. The van der Waals surface area contributed by atoms with E-state index in [4.69, 9.17) is 5.26 Å². The van der Waals surface area contributed by atoms with E-state index in [1.165, 1.54) is 44.2 Å². The van der Waals surface area contributed by atoms with E-state index in [1.807, 2.05) is 0 Å². The zero-order valence-corrected chi connectivity index (χ0v) is 11.5. The minimum absolute atomic E-state index is 0.269. The molecule has 2 fully saturated rings. The fourth-order valence-electron chi connectivity index (χ4n) is 4.27. The van der Waals surface area contributed by atoms with E-state index in [0.717, 1.165) is 24.3 Å². The van der Waals surface area contributed by atoms with Gasteiger partial charge in [-0.1, -0.05) is 32.1 Å². The Labute approximate surface area is 118 Å². The summed E-state index contributed by atoms with van der Waals surface area (Å²) in [6.45, 7) is 0. The Hall–Kier alpha value is -1.43. The molecule has 1 aromatic carbocycles. The van der Waals surface area contributed by atoms with Gasteiger partial charge in [0, 0.05) is 0 Å². The van der Waals surface area contributed by atoms with Crippen molar-refractivity contribution in [3.05, 3.63) is 34.9 Å². The Bertz CT molecular complexity index is 521. The molecule has 2 saturated carbocycles. The van der Waals surface area contributed by atoms with Gasteiger partial charge in [-0.25, -0.2) is 8.78 Å². The van der Waals surface area contributed by atoms with Crippen LogP contribution in [0.2, 0.25) is 0 Å². The van der Waals surface area contributed by atoms with Gasteiger partial charge in [-0.2, -0.15) is 5.26 Å². The van der Waals surface area contributed by atoms with Crippen LogP contribution in [-0.4, -0.2) is 0 Å². The zero-order valence-electron chi connectivity index (χ0n) is 11.5. The number of fused-ring (bicyclic) bond motifs is 1. The predicted octanol–water partition coefficient (Wildman–Crippen LogP) is 4.91. The lowest BCUT2D eigenvalue weighted by Crippen LogP contribution is -2.29. The van der Waals surface area contributed by atoms with E-state index in [2.05, 4.69) is 0 Å². The minimum Gasteiger partial charge on any atom is -0.205 e. The molecule has 106 valence electrons. The van der Waals surface area contributed by atoms with Gasteiger partial charge in [0.15, 0.2) is 0 Å². The number of nitriles is 1. The topological polar surface area (TPSA) is 23.8 Å². The van der Waals surface area contributed by atoms with Gasteiger partial charge < -0.3 is 0 Å². The highest BCUT2D eigenvalue weighted by Gasteiger charge is 2.36. The SMILES string of the molecule is N#Cc1c(F)cc(C2CCCC3CCCCC32)cc1F. The molecule has 0 bridgehead atoms. The first-order valence-electron chi connectivity index (χ1n) is 7.59. The average molecular weight is 275 g/mol. The molecule has 3 rings (SSSR count). The maximum Gasteiger partial charge on any atom is 0.144 e. The monoisotopic (exact) mass is 275 g/mol. The highest BCUT2D eigenvalue weighted by molar-refractivity contribution is 5.36. The summed E-state index contributed by atoms with van der Waals surface area (Å²) >= 11 is 0. The number of benzene rings is 1. The maximum absolute atomic E-state index is 13.8. The fourth-order valence-corrected chi connectivity index (χ4v) is 4.27. The molecule has 0 spiro atoms. The van der Waals surface area contributed by atoms with Gasteiger partial charge in [0.25, 0.3) is 0 Å². The second-order valence-corrected chi connectivity index (χ2v) is 6.22. The predicted molar refractivity (Wildman–Crippen MR) is 73.1 cm³/mol. The Kier molecular flexibility index (Phi) is 3.74. The first kappa shape index (κ1) is 13.5. The lowest BCUT2D eigenvalue weighted by molar-refractivity contribution is 0.144. The zero-order chi connectivity index (χ0) is 14.1. The van der Waals surface area contributed by atoms with Crippen molar-refractivity contribution in [2.24, 2.45) is 11.8 Å². The van der Waals surface area contributed by atoms with Crippen molar-refractivity contribution in [1.82, 2.24) is 0 Å². The number of rotatable bonds is 1. The Morgan fingerprint density at radius 2 is 1.60 bits per heavy atom. The van der Waals surface area contributed by atoms with E-state index in [1.54, 1.807) is 6.07 Å². The van der Waals surface area contributed by atoms with Crippen LogP contribution in [0.1, 0.15) is 62.0 Å². The molecule has 20 heavy (non-hydrogen) atoms. The second kappa shape index (κ2) is 5.52. The third-order valence-corrected chi connectivity index (χ3v) is 5.18. The van der Waals surface area contributed by atoms with Gasteiger partial charge in [0.1, 0.15) is 23.3 Å². The first-order valence-corrected chi connectivity index (χ1v) is 7.59. The molecule has 0 heterocycles. The Morgan fingerprint density at radius 1 is 0.950 bits per heavy atom. The molecule has 2 aliphatic rings. The maximum atomic E-state index is 13.8. The van der Waals surface area contributed by atoms with Crippen LogP contribution in [0.25, 0.3) is 0 Å². The third-order valence-electron chi connectivity index (χ3n) is 5.18. The Morgan fingerprint density at radius 3 is 2.30 bits per heavy atom. The molecular formula is C17H19F2N. The van der Waals surface area contributed by atoms with Gasteiger partial charge in [-0.15, -0.1) is 0 Å². The molecule has 3 unspecified atom stereocenters. The molecule has 1 nitrogen and oxygen atoms in total. The van der Waals surface area contributed by atoms with Crippen molar-refractivity contribution in [1.29, 1.82) is 5.26 Å². The summed E-state index contributed by atoms with van der Waals surface area (Å²) in [4.78, 5) is 0. The summed E-state index contributed by atoms with van der Waals surface area (Å²) in [5.74, 6) is 0.153. The van der Waals surface area contributed by atoms with Crippen LogP contribution in [0.15, 0.2) is 12.1 Å². The number of nitrogens with zero attached hydrogens (tertiary/aromatic N) is 1. The first-order chi connectivity index (χ1) is 9.70. The summed E-state index contributed by atoms with van der Waals surface area (Å²) in [7, 11) is 0. The van der Waals surface area contributed by atoms with Gasteiger partial charge in [0.2, 0.25) is 0 Å². The van der Waals surface area contributed by atoms with Gasteiger partial charge >= 0.3 is 0 Å². The molecular weight excluding hydrogens is 256 g/mol. The average Bonchev–Trinajstić information content (AvgIpc) is 2.46. The lowest BCUT2D eigenvalue weighted by Gasteiger charge is -2.41. The highest BCUT2D eigenvalue weighted by atomic mass is 19.1. The molecule has 1 aromatic rings. The van der Waals surface area contributed by atoms with Crippen LogP contribution in [0, 0.1) is 34.8 Å². The number of hydrogen-bond donors (Lipinski definition) is 0. The van der Waals surface area contributed by atoms with Crippen molar-refractivity contribution in [3.8, 4) is 6.07 Å². The molecule has 2 aliphatic carbocycles. The summed E-state index contributed by atoms with van der Waals surface area (Å²) in [6.07, 6.45) is 8.41. The van der Waals surface area contributed by atoms with Crippen LogP contribution >= 0.6 is 0 Å². The lowest BCUT2D eigenvalue weighted by atomic mass is 9.64. The fraction of sp³-hybridized carbons (Fsp3) is 0.588. The molecule has 3 heteroatoms. The summed E-state index contributed by atoms with van der Waals surface area (Å²) in [6, 6.07) is 4.38. The molecule has 3 atom stereocenters. The molecule has 0 amide bonds. The van der Waals surface area contributed by atoms with Gasteiger partial charge in [-0.3, -0.25) is 0 Å². The van der Waals surface area contributed by atoms with E-state index in [9.17, 15) is 8.78 Å². The highest BCUT2D eigenvalue weighted by Crippen LogP contribution is 2.48. The number of halogens is 2. The molecule has 0 saturated heterocycles. The minimum atomic E-state index is -0.708. The largest absolute Gasteiger partial charge is 0.205 e. The van der Waals surface area contributed by atoms with Crippen molar-refractivity contribution >= 4 is 0 Å². The summed E-state index contributed by atoms with van der Waals surface area (Å²) in [5.41, 5.74) is 0.306. The van der Waals surface area contributed by atoms with E-state index in [-0.39, 0.29) is 5.92 Å². The quantitative estimate of drug-likeness (QED) is 0.714.